The van der Waals surface area contributed by atoms with Gasteiger partial charge in [-0.2, -0.15) is 4.98 Å². The standard InChI is InChI=1S/C26H25N3O5/c1-3-22(24(31)32)34-26(17-30,29(2)20-12-8-5-9-13-20)18-14-15-21-23(16-18)33-25(28-21)27-19-10-6-4-7-11-19/h4-17,22H,3H2,1-2H3,(H,27,28)(H,31,32). The summed E-state index contributed by atoms with van der Waals surface area (Å²) >= 11 is 0. The van der Waals surface area contributed by atoms with Crippen molar-refractivity contribution >= 4 is 40.7 Å². The third-order valence-electron chi connectivity index (χ3n) is 5.60. The summed E-state index contributed by atoms with van der Waals surface area (Å²) in [6.07, 6.45) is -0.396. The van der Waals surface area contributed by atoms with Crippen molar-refractivity contribution in [3.05, 3.63) is 84.4 Å². The Hall–Kier alpha value is -4.17. The summed E-state index contributed by atoms with van der Waals surface area (Å²) in [5.41, 5.74) is 1.21. The van der Waals surface area contributed by atoms with Gasteiger partial charge in [0.15, 0.2) is 18.0 Å². The van der Waals surface area contributed by atoms with Crippen LogP contribution in [0.25, 0.3) is 11.1 Å². The Morgan fingerprint density at radius 3 is 2.44 bits per heavy atom. The number of carbonyl (C=O) groups is 2. The van der Waals surface area contributed by atoms with Crippen molar-refractivity contribution in [2.75, 3.05) is 17.3 Å². The SMILES string of the molecule is CCC(OC(C=O)(c1ccc2nc(Nc3ccccc3)oc2c1)N(C)c1ccccc1)C(=O)O. The summed E-state index contributed by atoms with van der Waals surface area (Å²) in [5, 5.41) is 12.8. The number of aldehydes is 1. The van der Waals surface area contributed by atoms with Crippen LogP contribution in [-0.4, -0.2) is 35.5 Å². The van der Waals surface area contributed by atoms with E-state index in [1.165, 1.54) is 0 Å². The average molecular weight is 460 g/mol. The first-order valence-corrected chi connectivity index (χ1v) is 10.9. The molecule has 34 heavy (non-hydrogen) atoms. The number of rotatable bonds is 10. The Labute approximate surface area is 196 Å². The molecule has 0 saturated heterocycles. The highest BCUT2D eigenvalue weighted by atomic mass is 16.6. The summed E-state index contributed by atoms with van der Waals surface area (Å²) in [5.74, 6) is -1.15. The molecule has 8 heteroatoms. The predicted octanol–water partition coefficient (Wildman–Crippen LogP) is 4.94. The molecule has 0 aliphatic heterocycles. The highest BCUT2D eigenvalue weighted by Crippen LogP contribution is 2.35. The maximum atomic E-state index is 12.7. The molecule has 1 aromatic heterocycles. The van der Waals surface area contributed by atoms with Crippen LogP contribution in [0.3, 0.4) is 0 Å². The minimum Gasteiger partial charge on any atom is -0.479 e. The molecule has 0 radical (unpaired) electrons. The van der Waals surface area contributed by atoms with Crippen LogP contribution in [-0.2, 0) is 20.1 Å². The van der Waals surface area contributed by atoms with Crippen LogP contribution in [0.15, 0.2) is 83.3 Å². The first-order valence-electron chi connectivity index (χ1n) is 10.9. The van der Waals surface area contributed by atoms with Crippen LogP contribution in [0.1, 0.15) is 18.9 Å². The van der Waals surface area contributed by atoms with Crippen LogP contribution in [0.5, 0.6) is 0 Å². The van der Waals surface area contributed by atoms with Gasteiger partial charge in [-0.3, -0.25) is 4.79 Å². The van der Waals surface area contributed by atoms with Gasteiger partial charge in [-0.25, -0.2) is 4.79 Å². The van der Waals surface area contributed by atoms with Crippen molar-refractivity contribution in [3.8, 4) is 0 Å². The van der Waals surface area contributed by atoms with Gasteiger partial charge in [0, 0.05) is 24.0 Å². The van der Waals surface area contributed by atoms with Crippen LogP contribution >= 0.6 is 0 Å². The number of nitrogens with one attached hydrogen (secondary N) is 1. The van der Waals surface area contributed by atoms with Gasteiger partial charge in [0.1, 0.15) is 5.52 Å². The minimum absolute atomic E-state index is 0.184. The maximum Gasteiger partial charge on any atom is 0.332 e. The maximum absolute atomic E-state index is 12.7. The number of oxazole rings is 1. The number of nitrogens with zero attached hydrogens (tertiary/aromatic N) is 2. The number of carboxylic acid groups (broad SMARTS) is 1. The monoisotopic (exact) mass is 459 g/mol. The fraction of sp³-hybridized carbons (Fsp3) is 0.192. The van der Waals surface area contributed by atoms with Crippen molar-refractivity contribution in [1.82, 2.24) is 4.98 Å². The van der Waals surface area contributed by atoms with E-state index >= 15 is 0 Å². The molecule has 0 spiro atoms. The zero-order chi connectivity index (χ0) is 24.1. The fourth-order valence-electron chi connectivity index (χ4n) is 3.73. The zero-order valence-corrected chi connectivity index (χ0v) is 18.8. The highest BCUT2D eigenvalue weighted by Gasteiger charge is 2.42. The molecule has 0 fully saturated rings. The van der Waals surface area contributed by atoms with Crippen molar-refractivity contribution in [2.45, 2.75) is 25.2 Å². The molecule has 2 unspecified atom stereocenters. The van der Waals surface area contributed by atoms with Gasteiger partial charge in [0.05, 0.1) is 0 Å². The van der Waals surface area contributed by atoms with E-state index in [-0.39, 0.29) is 6.42 Å². The first-order chi connectivity index (χ1) is 16.5. The number of para-hydroxylation sites is 2. The van der Waals surface area contributed by atoms with E-state index in [1.54, 1.807) is 37.1 Å². The molecule has 4 rings (SSSR count). The lowest BCUT2D eigenvalue weighted by Crippen LogP contribution is -2.51. The summed E-state index contributed by atoms with van der Waals surface area (Å²) in [4.78, 5) is 30.6. The number of likely N-dealkylation sites (N-methyl/N-ethyl adjacent to an activating group) is 1. The third kappa shape index (κ3) is 4.49. The van der Waals surface area contributed by atoms with Crippen LogP contribution in [0, 0.1) is 0 Å². The number of ether oxygens (including phenoxy) is 1. The Morgan fingerprint density at radius 2 is 1.82 bits per heavy atom. The number of anilines is 3. The third-order valence-corrected chi connectivity index (χ3v) is 5.60. The number of benzene rings is 3. The number of fused-ring (bicyclic) bond motifs is 1. The lowest BCUT2D eigenvalue weighted by atomic mass is 10.00. The van der Waals surface area contributed by atoms with Gasteiger partial charge in [-0.05, 0) is 42.8 Å². The Balaban J connectivity index is 1.78. The second-order valence-electron chi connectivity index (χ2n) is 7.75. The van der Waals surface area contributed by atoms with Gasteiger partial charge in [-0.1, -0.05) is 49.4 Å². The molecule has 0 bridgehead atoms. The highest BCUT2D eigenvalue weighted by molar-refractivity contribution is 5.81. The average Bonchev–Trinajstić information content (AvgIpc) is 3.27. The Kier molecular flexibility index (Phi) is 6.60. The second-order valence-corrected chi connectivity index (χ2v) is 7.75. The lowest BCUT2D eigenvalue weighted by molar-refractivity contribution is -0.167. The molecule has 0 saturated carbocycles. The largest absolute Gasteiger partial charge is 0.479 e. The van der Waals surface area contributed by atoms with Gasteiger partial charge >= 0.3 is 5.97 Å². The van der Waals surface area contributed by atoms with E-state index < -0.39 is 17.8 Å². The van der Waals surface area contributed by atoms with Crippen molar-refractivity contribution in [1.29, 1.82) is 0 Å². The van der Waals surface area contributed by atoms with Crippen LogP contribution < -0.4 is 10.2 Å². The van der Waals surface area contributed by atoms with Gasteiger partial charge in [0.2, 0.25) is 5.72 Å². The van der Waals surface area contributed by atoms with E-state index in [0.29, 0.717) is 34.7 Å². The Bertz CT molecular complexity index is 1280. The van der Waals surface area contributed by atoms with E-state index in [1.807, 2.05) is 60.7 Å². The molecule has 2 atom stereocenters. The smallest absolute Gasteiger partial charge is 0.332 e. The number of carbonyl (C=O) groups excluding carboxylic acids is 1. The molecule has 174 valence electrons. The van der Waals surface area contributed by atoms with Gasteiger partial charge in [0.25, 0.3) is 6.01 Å². The lowest BCUT2D eigenvalue weighted by Gasteiger charge is -2.40. The van der Waals surface area contributed by atoms with Crippen LogP contribution in [0.2, 0.25) is 0 Å². The first kappa shape index (κ1) is 23.0. The van der Waals surface area contributed by atoms with Crippen molar-refractivity contribution in [2.24, 2.45) is 0 Å². The molecule has 8 nitrogen and oxygen atoms in total. The summed E-state index contributed by atoms with van der Waals surface area (Å²) in [7, 11) is 1.69. The number of carboxylic acids is 1. The Morgan fingerprint density at radius 1 is 1.15 bits per heavy atom. The normalized spacial score (nSPS) is 13.7. The zero-order valence-electron chi connectivity index (χ0n) is 18.8. The molecular formula is C26H25N3O5. The summed E-state index contributed by atoms with van der Waals surface area (Å²) in [6.45, 7) is 1.69. The van der Waals surface area contributed by atoms with Crippen LogP contribution in [0.4, 0.5) is 17.4 Å². The summed E-state index contributed by atoms with van der Waals surface area (Å²) < 4.78 is 11.9. The molecule has 4 aromatic rings. The molecular weight excluding hydrogens is 434 g/mol. The molecule has 0 aliphatic rings. The van der Waals surface area contributed by atoms with E-state index in [2.05, 4.69) is 10.3 Å². The van der Waals surface area contributed by atoms with Crippen molar-refractivity contribution in [3.63, 3.8) is 0 Å². The number of aliphatic carboxylic acids is 1. The fourth-order valence-corrected chi connectivity index (χ4v) is 3.73. The minimum atomic E-state index is -1.71. The number of hydrogen-bond acceptors (Lipinski definition) is 7. The molecule has 1 heterocycles. The molecule has 0 aliphatic carbocycles. The second kappa shape index (κ2) is 9.76. The van der Waals surface area contributed by atoms with E-state index in [9.17, 15) is 14.7 Å². The summed E-state index contributed by atoms with van der Waals surface area (Å²) in [6, 6.07) is 24.0. The van der Waals surface area contributed by atoms with Crippen molar-refractivity contribution < 1.29 is 23.8 Å². The number of aromatic nitrogens is 1. The predicted molar refractivity (Wildman–Crippen MR) is 129 cm³/mol. The number of hydrogen-bond donors (Lipinski definition) is 2. The molecule has 3 aromatic carbocycles. The van der Waals surface area contributed by atoms with Gasteiger partial charge < -0.3 is 24.5 Å². The van der Waals surface area contributed by atoms with Gasteiger partial charge in [-0.15, -0.1) is 0 Å². The quantitative estimate of drug-likeness (QED) is 0.254. The van der Waals surface area contributed by atoms with E-state index in [4.69, 9.17) is 9.15 Å². The molecule has 0 amide bonds. The van der Waals surface area contributed by atoms with E-state index in [0.717, 1.165) is 5.69 Å². The molecule has 2 N–H and O–H groups in total. The topological polar surface area (TPSA) is 105 Å².